The highest BCUT2D eigenvalue weighted by atomic mass is 35.5. The molecule has 0 unspecified atom stereocenters. The van der Waals surface area contributed by atoms with Crippen LogP contribution in [-0.2, 0) is 4.79 Å². The van der Waals surface area contributed by atoms with Crippen LogP contribution in [0.25, 0.3) is 11.2 Å². The van der Waals surface area contributed by atoms with Gasteiger partial charge in [0.15, 0.2) is 5.13 Å². The van der Waals surface area contributed by atoms with Gasteiger partial charge in [-0.05, 0) is 49.8 Å². The van der Waals surface area contributed by atoms with Crippen LogP contribution in [0.4, 0.5) is 10.1 Å². The van der Waals surface area contributed by atoms with Crippen LogP contribution in [0.2, 0.25) is 5.02 Å². The summed E-state index contributed by atoms with van der Waals surface area (Å²) in [6, 6.07) is 7.61. The molecule has 8 heteroatoms. The smallest absolute Gasteiger partial charge is 0.266 e. The molecule has 1 aromatic carbocycles. The number of aryl methyl sites for hydroxylation is 1. The van der Waals surface area contributed by atoms with Gasteiger partial charge in [-0.3, -0.25) is 9.36 Å². The number of hydrogen-bond acceptors (Lipinski definition) is 4. The highest BCUT2D eigenvalue weighted by molar-refractivity contribution is 7.12. The summed E-state index contributed by atoms with van der Waals surface area (Å²) in [5.41, 5.74) is 2.78. The van der Waals surface area contributed by atoms with Crippen molar-refractivity contribution in [2.45, 2.75) is 13.8 Å². The number of carbonyl (C=O) groups excluding carboxylic acids is 1. The minimum Gasteiger partial charge on any atom is -0.321 e. The molecule has 0 fully saturated rings. The molecule has 136 valence electrons. The molecule has 1 amide bonds. The lowest BCUT2D eigenvalue weighted by Crippen LogP contribution is -2.13. The summed E-state index contributed by atoms with van der Waals surface area (Å²) < 4.78 is 15.2. The zero-order valence-corrected chi connectivity index (χ0v) is 16.0. The molecule has 27 heavy (non-hydrogen) atoms. The van der Waals surface area contributed by atoms with E-state index >= 15 is 0 Å². The van der Waals surface area contributed by atoms with E-state index < -0.39 is 11.7 Å². The van der Waals surface area contributed by atoms with Crippen molar-refractivity contribution in [1.82, 2.24) is 9.55 Å². The van der Waals surface area contributed by atoms with E-state index in [0.717, 1.165) is 28.1 Å². The fraction of sp³-hybridized carbons (Fsp3) is 0.105. The van der Waals surface area contributed by atoms with Gasteiger partial charge < -0.3 is 5.32 Å². The van der Waals surface area contributed by atoms with Gasteiger partial charge in [-0.15, -0.1) is 11.3 Å². The third kappa shape index (κ3) is 3.92. The number of thiazole rings is 1. The Morgan fingerprint density at radius 2 is 2.19 bits per heavy atom. The molecule has 3 aromatic rings. The zero-order valence-electron chi connectivity index (χ0n) is 14.5. The van der Waals surface area contributed by atoms with Crippen LogP contribution < -0.4 is 5.32 Å². The average molecular weight is 401 g/mol. The monoisotopic (exact) mass is 400 g/mol. The second kappa shape index (κ2) is 7.74. The first-order chi connectivity index (χ1) is 12.9. The van der Waals surface area contributed by atoms with Crippen molar-refractivity contribution < 1.29 is 9.18 Å². The van der Waals surface area contributed by atoms with E-state index in [1.165, 1.54) is 29.5 Å². The van der Waals surface area contributed by atoms with Gasteiger partial charge in [0.05, 0.1) is 5.02 Å². The predicted octanol–water partition coefficient (Wildman–Crippen LogP) is 4.89. The van der Waals surface area contributed by atoms with Crippen molar-refractivity contribution in [2.75, 3.05) is 5.32 Å². The summed E-state index contributed by atoms with van der Waals surface area (Å²) in [5.74, 6) is -1.18. The van der Waals surface area contributed by atoms with Crippen molar-refractivity contribution >= 4 is 40.6 Å². The van der Waals surface area contributed by atoms with Crippen molar-refractivity contribution in [3.8, 4) is 11.2 Å². The standard InChI is InChI=1S/C19H14ClFN4OS/c1-11-7-13(12(2)25(11)19-23-5-6-27-19)8-14(10-22)18(26)24-15-3-4-17(21)16(20)9-15/h3-9H,1-2H3,(H,24,26)/b14-8+. The Labute approximate surface area is 164 Å². The van der Waals surface area contributed by atoms with Crippen molar-refractivity contribution in [3.63, 3.8) is 0 Å². The number of carbonyl (C=O) groups is 1. The fourth-order valence-corrected chi connectivity index (χ4v) is 3.56. The molecule has 0 bridgehead atoms. The molecule has 2 heterocycles. The van der Waals surface area contributed by atoms with Crippen molar-refractivity contribution in [2.24, 2.45) is 0 Å². The summed E-state index contributed by atoms with van der Waals surface area (Å²) in [6.45, 7) is 3.82. The first-order valence-electron chi connectivity index (χ1n) is 7.87. The van der Waals surface area contributed by atoms with Gasteiger partial charge in [0.1, 0.15) is 17.5 Å². The Kier molecular flexibility index (Phi) is 5.40. The number of halogens is 2. The van der Waals surface area contributed by atoms with E-state index in [4.69, 9.17) is 11.6 Å². The molecular formula is C19H14ClFN4OS. The Morgan fingerprint density at radius 3 is 2.81 bits per heavy atom. The van der Waals surface area contributed by atoms with Gasteiger partial charge in [0.2, 0.25) is 0 Å². The Balaban J connectivity index is 1.90. The molecule has 2 aromatic heterocycles. The lowest BCUT2D eigenvalue weighted by atomic mass is 10.1. The van der Waals surface area contributed by atoms with E-state index in [1.54, 1.807) is 6.20 Å². The van der Waals surface area contributed by atoms with Crippen LogP contribution in [-0.4, -0.2) is 15.5 Å². The summed E-state index contributed by atoms with van der Waals surface area (Å²) in [6.07, 6.45) is 3.24. The van der Waals surface area contributed by atoms with Crippen LogP contribution in [0.3, 0.4) is 0 Å². The number of aromatic nitrogens is 2. The lowest BCUT2D eigenvalue weighted by molar-refractivity contribution is -0.112. The van der Waals surface area contributed by atoms with Crippen LogP contribution in [0.15, 0.2) is 41.4 Å². The van der Waals surface area contributed by atoms with Crippen molar-refractivity contribution in [3.05, 3.63) is 69.2 Å². The lowest BCUT2D eigenvalue weighted by Gasteiger charge is -2.06. The molecule has 3 rings (SSSR count). The molecule has 0 aliphatic carbocycles. The molecule has 0 aliphatic rings. The SMILES string of the molecule is Cc1cc(/C=C(\C#N)C(=O)Nc2ccc(F)c(Cl)c2)c(C)n1-c1nccs1. The quantitative estimate of drug-likeness (QED) is 0.500. The third-order valence-electron chi connectivity index (χ3n) is 3.92. The maximum Gasteiger partial charge on any atom is 0.266 e. The maximum absolute atomic E-state index is 13.2. The summed E-state index contributed by atoms with van der Waals surface area (Å²) in [5, 5.41) is 14.5. The molecule has 0 saturated heterocycles. The van der Waals surface area contributed by atoms with Crippen molar-refractivity contribution in [1.29, 1.82) is 5.26 Å². The average Bonchev–Trinajstić information content (AvgIpc) is 3.24. The number of anilines is 1. The van der Waals surface area contributed by atoms with E-state index in [9.17, 15) is 14.4 Å². The first-order valence-corrected chi connectivity index (χ1v) is 9.13. The molecule has 1 N–H and O–H groups in total. The van der Waals surface area contributed by atoms with Crippen LogP contribution in [0.5, 0.6) is 0 Å². The number of nitrogens with one attached hydrogen (secondary N) is 1. The minimum absolute atomic E-state index is 0.0742. The van der Waals surface area contributed by atoms with E-state index in [2.05, 4.69) is 10.3 Å². The highest BCUT2D eigenvalue weighted by Gasteiger charge is 2.15. The third-order valence-corrected chi connectivity index (χ3v) is 4.97. The van der Waals surface area contributed by atoms with Crippen LogP contribution in [0.1, 0.15) is 17.0 Å². The summed E-state index contributed by atoms with van der Waals surface area (Å²) >= 11 is 7.21. The second-order valence-corrected chi connectivity index (χ2v) is 7.01. The molecule has 0 radical (unpaired) electrons. The predicted molar refractivity (Wildman–Crippen MR) is 105 cm³/mol. The summed E-state index contributed by atoms with van der Waals surface area (Å²) in [7, 11) is 0. The molecule has 0 aliphatic heterocycles. The fourth-order valence-electron chi connectivity index (χ4n) is 2.63. The first kappa shape index (κ1) is 18.8. The van der Waals surface area contributed by atoms with Gasteiger partial charge in [0, 0.05) is 28.7 Å². The number of rotatable bonds is 4. The largest absolute Gasteiger partial charge is 0.321 e. The topological polar surface area (TPSA) is 70.7 Å². The Bertz CT molecular complexity index is 1080. The molecule has 0 saturated carbocycles. The number of benzene rings is 1. The van der Waals surface area contributed by atoms with Gasteiger partial charge in [0.25, 0.3) is 5.91 Å². The highest BCUT2D eigenvalue weighted by Crippen LogP contribution is 2.24. The van der Waals surface area contributed by atoms with Gasteiger partial charge in [-0.2, -0.15) is 5.26 Å². The molecular weight excluding hydrogens is 387 g/mol. The van der Waals surface area contributed by atoms with E-state index in [-0.39, 0.29) is 10.6 Å². The minimum atomic E-state index is -0.598. The normalized spacial score (nSPS) is 11.3. The Hall–Kier alpha value is -2.95. The number of amides is 1. The van der Waals surface area contributed by atoms with Crippen LogP contribution >= 0.6 is 22.9 Å². The molecule has 0 atom stereocenters. The van der Waals surface area contributed by atoms with Gasteiger partial charge in [-0.25, -0.2) is 9.37 Å². The Morgan fingerprint density at radius 1 is 1.41 bits per heavy atom. The number of hydrogen-bond donors (Lipinski definition) is 1. The second-order valence-electron chi connectivity index (χ2n) is 5.73. The molecule has 0 spiro atoms. The van der Waals surface area contributed by atoms with E-state index in [0.29, 0.717) is 5.69 Å². The van der Waals surface area contributed by atoms with E-state index in [1.807, 2.05) is 35.9 Å². The molecule has 5 nitrogen and oxygen atoms in total. The maximum atomic E-state index is 13.2. The van der Waals surface area contributed by atoms with Gasteiger partial charge in [-0.1, -0.05) is 11.6 Å². The number of nitriles is 1. The number of nitrogens with zero attached hydrogens (tertiary/aromatic N) is 3. The van der Waals surface area contributed by atoms with Crippen LogP contribution in [0, 0.1) is 31.0 Å². The zero-order chi connectivity index (χ0) is 19.6. The summed E-state index contributed by atoms with van der Waals surface area (Å²) in [4.78, 5) is 16.7. The van der Waals surface area contributed by atoms with Gasteiger partial charge >= 0.3 is 0 Å².